The van der Waals surface area contributed by atoms with E-state index in [1.807, 2.05) is 0 Å². The second-order valence-electron chi connectivity index (χ2n) is 2.80. The smallest absolute Gasteiger partial charge is 0.327 e. The third-order valence-corrected chi connectivity index (χ3v) is 1.82. The first-order valence-corrected chi connectivity index (χ1v) is 3.88. The quantitative estimate of drug-likeness (QED) is 0.840. The molecule has 0 aliphatic heterocycles. The topological polar surface area (TPSA) is 63.3 Å². The average molecular weight is 238 g/mol. The van der Waals surface area contributed by atoms with Crippen LogP contribution in [-0.4, -0.2) is 17.1 Å². The molecule has 1 aromatic carbocycles. The normalized spacial score (nSPS) is 12.7. The molecular weight excluding hydrogens is 228 g/mol. The lowest BCUT2D eigenvalue weighted by Crippen LogP contribution is -2.45. The Labute approximate surface area is 91.3 Å². The Hall–Kier alpha value is -1.20. The van der Waals surface area contributed by atoms with Crippen LogP contribution in [0.25, 0.3) is 0 Å². The maximum atomic E-state index is 13.3. The van der Waals surface area contributed by atoms with Gasteiger partial charge in [0, 0.05) is 5.56 Å². The van der Waals surface area contributed by atoms with E-state index >= 15 is 0 Å². The van der Waals surface area contributed by atoms with E-state index in [9.17, 15) is 13.6 Å². The summed E-state index contributed by atoms with van der Waals surface area (Å²) in [7, 11) is 0. The zero-order valence-corrected chi connectivity index (χ0v) is 8.38. The summed E-state index contributed by atoms with van der Waals surface area (Å²) in [5.41, 5.74) is 4.48. The number of hydrogen-bond donors (Lipinski definition) is 2. The first kappa shape index (κ1) is 13.8. The van der Waals surface area contributed by atoms with Crippen molar-refractivity contribution in [3.05, 3.63) is 35.9 Å². The molecule has 15 heavy (non-hydrogen) atoms. The van der Waals surface area contributed by atoms with Gasteiger partial charge in [0.1, 0.15) is 0 Å². The fourth-order valence-electron chi connectivity index (χ4n) is 0.995. The Kier molecular flexibility index (Phi) is 4.64. The number of rotatable bonds is 3. The molecule has 0 aromatic heterocycles. The van der Waals surface area contributed by atoms with Gasteiger partial charge < -0.3 is 10.8 Å². The summed E-state index contributed by atoms with van der Waals surface area (Å²) >= 11 is 0. The maximum absolute atomic E-state index is 13.3. The van der Waals surface area contributed by atoms with Crippen molar-refractivity contribution in [2.75, 3.05) is 0 Å². The van der Waals surface area contributed by atoms with Crippen LogP contribution < -0.4 is 5.73 Å². The highest BCUT2D eigenvalue weighted by atomic mass is 35.5. The molecule has 3 N–H and O–H groups in total. The number of aliphatic carboxylic acids is 1. The Balaban J connectivity index is 0.00000196. The Morgan fingerprint density at radius 1 is 1.33 bits per heavy atom. The lowest BCUT2D eigenvalue weighted by molar-refractivity contribution is -0.149. The van der Waals surface area contributed by atoms with E-state index < -0.39 is 23.5 Å². The molecule has 6 heteroatoms. The van der Waals surface area contributed by atoms with Gasteiger partial charge in [-0.2, -0.15) is 8.78 Å². The van der Waals surface area contributed by atoms with E-state index in [1.54, 1.807) is 6.07 Å². The highest BCUT2D eigenvalue weighted by Crippen LogP contribution is 2.30. The summed E-state index contributed by atoms with van der Waals surface area (Å²) in [6.07, 6.45) is 0. The van der Waals surface area contributed by atoms with E-state index in [0.717, 1.165) is 12.1 Å². The van der Waals surface area contributed by atoms with E-state index in [4.69, 9.17) is 10.8 Å². The standard InChI is InChI=1S/C9H9F2NO2.ClH/c10-9(11,7(12)8(13)14)6-4-2-1-3-5-6;/h1-5,7H,12H2,(H,13,14);1H. The lowest BCUT2D eigenvalue weighted by atomic mass is 10.0. The Bertz CT molecular complexity index is 332. The van der Waals surface area contributed by atoms with E-state index in [-0.39, 0.29) is 12.4 Å². The molecular formula is C9H10ClF2NO2. The molecule has 1 atom stereocenters. The highest BCUT2D eigenvalue weighted by molar-refractivity contribution is 5.85. The van der Waals surface area contributed by atoms with Crippen molar-refractivity contribution in [1.29, 1.82) is 0 Å². The molecule has 0 radical (unpaired) electrons. The van der Waals surface area contributed by atoms with Crippen molar-refractivity contribution in [2.45, 2.75) is 12.0 Å². The minimum atomic E-state index is -3.55. The molecule has 1 unspecified atom stereocenters. The summed E-state index contributed by atoms with van der Waals surface area (Å²) in [5, 5.41) is 8.37. The second kappa shape index (κ2) is 5.04. The molecule has 0 amide bonds. The first-order chi connectivity index (χ1) is 6.46. The molecule has 0 fully saturated rings. The Morgan fingerprint density at radius 2 is 1.80 bits per heavy atom. The molecule has 0 spiro atoms. The van der Waals surface area contributed by atoms with Crippen molar-refractivity contribution in [3.8, 4) is 0 Å². The predicted octanol–water partition coefficient (Wildman–Crippen LogP) is 1.61. The molecule has 3 nitrogen and oxygen atoms in total. The fourth-order valence-corrected chi connectivity index (χ4v) is 0.995. The van der Waals surface area contributed by atoms with Crippen molar-refractivity contribution in [2.24, 2.45) is 5.73 Å². The van der Waals surface area contributed by atoms with Crippen molar-refractivity contribution in [3.63, 3.8) is 0 Å². The number of benzene rings is 1. The number of hydrogen-bond acceptors (Lipinski definition) is 2. The van der Waals surface area contributed by atoms with E-state index in [1.165, 1.54) is 12.1 Å². The van der Waals surface area contributed by atoms with Gasteiger partial charge in [-0.05, 0) is 0 Å². The zero-order chi connectivity index (χ0) is 10.8. The molecule has 0 heterocycles. The number of carbonyl (C=O) groups is 1. The molecule has 0 aliphatic carbocycles. The minimum absolute atomic E-state index is 0. The zero-order valence-electron chi connectivity index (χ0n) is 7.56. The Morgan fingerprint density at radius 3 is 2.20 bits per heavy atom. The number of carboxylic acids is 1. The lowest BCUT2D eigenvalue weighted by Gasteiger charge is -2.20. The number of halogens is 3. The summed E-state index contributed by atoms with van der Waals surface area (Å²) in [6, 6.07) is 4.43. The molecule has 0 saturated carbocycles. The van der Waals surface area contributed by atoms with Gasteiger partial charge in [-0.25, -0.2) is 0 Å². The predicted molar refractivity (Wildman–Crippen MR) is 53.2 cm³/mol. The average Bonchev–Trinajstić information content (AvgIpc) is 2.18. The third-order valence-electron chi connectivity index (χ3n) is 1.82. The SMILES string of the molecule is Cl.NC(C(=O)O)C(F)(F)c1ccccc1. The van der Waals surface area contributed by atoms with Crippen LogP contribution in [0.15, 0.2) is 30.3 Å². The third kappa shape index (κ3) is 2.87. The number of carboxylic acid groups (broad SMARTS) is 1. The van der Waals surface area contributed by atoms with Gasteiger partial charge in [-0.15, -0.1) is 12.4 Å². The summed E-state index contributed by atoms with van der Waals surface area (Å²) in [5.74, 6) is -5.27. The van der Waals surface area contributed by atoms with E-state index in [2.05, 4.69) is 0 Å². The van der Waals surface area contributed by atoms with Gasteiger partial charge in [0.25, 0.3) is 5.92 Å². The van der Waals surface area contributed by atoms with Crippen LogP contribution in [-0.2, 0) is 10.7 Å². The van der Waals surface area contributed by atoms with Crippen LogP contribution >= 0.6 is 12.4 Å². The summed E-state index contributed by atoms with van der Waals surface area (Å²) in [4.78, 5) is 10.3. The van der Waals surface area contributed by atoms with Crippen molar-refractivity contribution in [1.82, 2.24) is 0 Å². The largest absolute Gasteiger partial charge is 0.480 e. The van der Waals surface area contributed by atoms with Crippen LogP contribution in [0.4, 0.5) is 8.78 Å². The van der Waals surface area contributed by atoms with Gasteiger partial charge in [-0.1, -0.05) is 30.3 Å². The van der Waals surface area contributed by atoms with Gasteiger partial charge in [0.05, 0.1) is 0 Å². The minimum Gasteiger partial charge on any atom is -0.480 e. The van der Waals surface area contributed by atoms with Crippen LogP contribution in [0, 0.1) is 0 Å². The molecule has 1 aromatic rings. The van der Waals surface area contributed by atoms with Gasteiger partial charge in [-0.3, -0.25) is 4.79 Å². The van der Waals surface area contributed by atoms with Crippen molar-refractivity contribution >= 4 is 18.4 Å². The van der Waals surface area contributed by atoms with Gasteiger partial charge in [0.15, 0.2) is 6.04 Å². The second-order valence-corrected chi connectivity index (χ2v) is 2.80. The molecule has 0 saturated heterocycles. The summed E-state index contributed by atoms with van der Waals surface area (Å²) in [6.45, 7) is 0. The number of nitrogens with two attached hydrogens (primary N) is 1. The van der Waals surface area contributed by atoms with Crippen LogP contribution in [0.1, 0.15) is 5.56 Å². The van der Waals surface area contributed by atoms with Crippen LogP contribution in [0.2, 0.25) is 0 Å². The summed E-state index contributed by atoms with van der Waals surface area (Å²) < 4.78 is 26.6. The molecule has 0 aliphatic rings. The van der Waals surface area contributed by atoms with Gasteiger partial charge >= 0.3 is 5.97 Å². The maximum Gasteiger partial charge on any atom is 0.327 e. The monoisotopic (exact) mass is 237 g/mol. The van der Waals surface area contributed by atoms with Crippen molar-refractivity contribution < 1.29 is 18.7 Å². The number of alkyl halides is 2. The fraction of sp³-hybridized carbons (Fsp3) is 0.222. The van der Waals surface area contributed by atoms with Crippen LogP contribution in [0.3, 0.4) is 0 Å². The van der Waals surface area contributed by atoms with Gasteiger partial charge in [0.2, 0.25) is 0 Å². The highest BCUT2D eigenvalue weighted by Gasteiger charge is 2.43. The first-order valence-electron chi connectivity index (χ1n) is 3.88. The molecule has 0 bridgehead atoms. The molecule has 1 rings (SSSR count). The van der Waals surface area contributed by atoms with E-state index in [0.29, 0.717) is 0 Å². The molecule has 84 valence electrons. The van der Waals surface area contributed by atoms with Crippen LogP contribution in [0.5, 0.6) is 0 Å².